The van der Waals surface area contributed by atoms with Crippen molar-refractivity contribution in [1.82, 2.24) is 5.16 Å². The largest absolute Gasteiger partial charge is 0.529 e. The van der Waals surface area contributed by atoms with Gasteiger partial charge in [0.2, 0.25) is 0 Å². The fraction of sp³-hybridized carbons (Fsp3) is 0.500. The predicted molar refractivity (Wildman–Crippen MR) is 38.3 cm³/mol. The van der Waals surface area contributed by atoms with Crippen molar-refractivity contribution in [2.45, 2.75) is 18.8 Å². The summed E-state index contributed by atoms with van der Waals surface area (Å²) in [6.07, 6.45) is 2.26. The summed E-state index contributed by atoms with van der Waals surface area (Å²) in [6.45, 7) is 0. The second-order valence-corrected chi connectivity index (χ2v) is 2.80. The minimum absolute atomic E-state index is 0.131. The van der Waals surface area contributed by atoms with Gasteiger partial charge < -0.3 is 14.6 Å². The Kier molecular flexibility index (Phi) is 1.47. The molecule has 0 saturated heterocycles. The molecule has 11 heavy (non-hydrogen) atoms. The summed E-state index contributed by atoms with van der Waals surface area (Å²) in [4.78, 5) is 0. The molecule has 0 unspecified atom stereocenters. The first kappa shape index (κ1) is 6.88. The fourth-order valence-electron chi connectivity index (χ4n) is 0.997. The molecule has 0 aliphatic heterocycles. The first-order valence-electron chi connectivity index (χ1n) is 3.60. The summed E-state index contributed by atoms with van der Waals surface area (Å²) in [5.41, 5.74) is 0.972. The Labute approximate surface area is 64.0 Å². The summed E-state index contributed by atoms with van der Waals surface area (Å²) < 4.78 is 4.68. The fourth-order valence-corrected chi connectivity index (χ4v) is 0.997. The highest BCUT2D eigenvalue weighted by atomic mass is 16.5. The average molecular weight is 153 g/mol. The lowest BCUT2D eigenvalue weighted by Crippen LogP contribution is -2.28. The average Bonchev–Trinajstić information content (AvgIpc) is 2.68. The third kappa shape index (κ3) is 1.29. The molecule has 1 heterocycles. The van der Waals surface area contributed by atoms with Gasteiger partial charge in [0.15, 0.2) is 5.66 Å². The van der Waals surface area contributed by atoms with Crippen molar-refractivity contribution in [2.24, 2.45) is 0 Å². The second kappa shape index (κ2) is 2.35. The molecular weight excluding hydrogens is 145 g/mol. The summed E-state index contributed by atoms with van der Waals surface area (Å²) in [5.74, 6) is 0.492. The highest BCUT2D eigenvalue weighted by Gasteiger charge is 2.29. The third-order valence-electron chi connectivity index (χ3n) is 1.80. The topological polar surface area (TPSA) is 66.5 Å². The molecule has 1 aromatic rings. The van der Waals surface area contributed by atoms with E-state index in [0.29, 0.717) is 5.92 Å². The molecule has 1 saturated carbocycles. The van der Waals surface area contributed by atoms with Crippen LogP contribution in [0.25, 0.3) is 0 Å². The minimum atomic E-state index is -1.53. The van der Waals surface area contributed by atoms with Crippen molar-refractivity contribution < 1.29 is 14.6 Å². The Bertz CT molecular complexity index is 240. The number of rotatable bonds is 2. The standard InChI is InChI=1S/C6H8BNO3/c9-7(10)6-3-5(8-11-6)4-1-2-4/h3-4,9-10H,1-2H2. The summed E-state index contributed by atoms with van der Waals surface area (Å²) in [7, 11) is -1.53. The van der Waals surface area contributed by atoms with E-state index in [4.69, 9.17) is 10.0 Å². The van der Waals surface area contributed by atoms with Gasteiger partial charge in [0.25, 0.3) is 0 Å². The van der Waals surface area contributed by atoms with Gasteiger partial charge in [-0.3, -0.25) is 0 Å². The molecule has 1 aliphatic carbocycles. The zero-order chi connectivity index (χ0) is 7.84. The molecule has 0 aromatic carbocycles. The Balaban J connectivity index is 2.18. The van der Waals surface area contributed by atoms with Gasteiger partial charge in [-0.25, -0.2) is 0 Å². The van der Waals surface area contributed by atoms with Crippen LogP contribution >= 0.6 is 0 Å². The summed E-state index contributed by atoms with van der Waals surface area (Å²) >= 11 is 0. The van der Waals surface area contributed by atoms with Gasteiger partial charge in [-0.1, -0.05) is 5.16 Å². The Morgan fingerprint density at radius 1 is 1.55 bits per heavy atom. The van der Waals surface area contributed by atoms with Crippen LogP contribution in [0.15, 0.2) is 10.6 Å². The number of aromatic nitrogens is 1. The van der Waals surface area contributed by atoms with E-state index >= 15 is 0 Å². The second-order valence-electron chi connectivity index (χ2n) is 2.80. The molecular formula is C6H8BNO3. The van der Waals surface area contributed by atoms with Crippen molar-refractivity contribution in [2.75, 3.05) is 0 Å². The van der Waals surface area contributed by atoms with Gasteiger partial charge in [0, 0.05) is 12.0 Å². The monoisotopic (exact) mass is 153 g/mol. The zero-order valence-corrected chi connectivity index (χ0v) is 5.90. The van der Waals surface area contributed by atoms with E-state index in [1.807, 2.05) is 0 Å². The van der Waals surface area contributed by atoms with Gasteiger partial charge in [-0.15, -0.1) is 0 Å². The van der Waals surface area contributed by atoms with Crippen LogP contribution in [0.1, 0.15) is 24.5 Å². The SMILES string of the molecule is OB(O)c1cc(C2CC2)no1. The molecule has 2 N–H and O–H groups in total. The van der Waals surface area contributed by atoms with Crippen molar-refractivity contribution in [3.63, 3.8) is 0 Å². The molecule has 2 rings (SSSR count). The Morgan fingerprint density at radius 3 is 2.73 bits per heavy atom. The van der Waals surface area contributed by atoms with E-state index in [0.717, 1.165) is 18.5 Å². The van der Waals surface area contributed by atoms with E-state index in [1.54, 1.807) is 6.07 Å². The maximum absolute atomic E-state index is 8.66. The van der Waals surface area contributed by atoms with Crippen LogP contribution < -0.4 is 5.66 Å². The molecule has 4 nitrogen and oxygen atoms in total. The van der Waals surface area contributed by atoms with E-state index in [1.165, 1.54) is 0 Å². The Morgan fingerprint density at radius 2 is 2.27 bits per heavy atom. The maximum Gasteiger partial charge on any atom is 0.529 e. The van der Waals surface area contributed by atoms with Crippen LogP contribution in [0.3, 0.4) is 0 Å². The van der Waals surface area contributed by atoms with Crippen molar-refractivity contribution in [3.8, 4) is 0 Å². The molecule has 58 valence electrons. The van der Waals surface area contributed by atoms with Crippen LogP contribution in [0.5, 0.6) is 0 Å². The smallest absolute Gasteiger partial charge is 0.421 e. The highest BCUT2D eigenvalue weighted by molar-refractivity contribution is 6.56. The van der Waals surface area contributed by atoms with E-state index < -0.39 is 7.12 Å². The lowest BCUT2D eigenvalue weighted by Gasteiger charge is -1.85. The zero-order valence-electron chi connectivity index (χ0n) is 5.90. The predicted octanol–water partition coefficient (Wildman–Crippen LogP) is -0.768. The molecule has 5 heteroatoms. The first-order chi connectivity index (χ1) is 5.27. The van der Waals surface area contributed by atoms with Crippen LogP contribution in [0.4, 0.5) is 0 Å². The van der Waals surface area contributed by atoms with Crippen LogP contribution in [-0.4, -0.2) is 22.3 Å². The molecule has 0 amide bonds. The first-order valence-corrected chi connectivity index (χ1v) is 3.60. The van der Waals surface area contributed by atoms with Crippen LogP contribution in [0.2, 0.25) is 0 Å². The van der Waals surface area contributed by atoms with E-state index in [2.05, 4.69) is 9.68 Å². The van der Waals surface area contributed by atoms with E-state index in [-0.39, 0.29) is 5.66 Å². The third-order valence-corrected chi connectivity index (χ3v) is 1.80. The van der Waals surface area contributed by atoms with Crippen LogP contribution in [-0.2, 0) is 0 Å². The molecule has 0 bridgehead atoms. The minimum Gasteiger partial charge on any atom is -0.421 e. The van der Waals surface area contributed by atoms with Crippen molar-refractivity contribution >= 4 is 12.8 Å². The van der Waals surface area contributed by atoms with Crippen LogP contribution in [0, 0.1) is 0 Å². The number of hydrogen-bond acceptors (Lipinski definition) is 4. The molecule has 0 radical (unpaired) electrons. The van der Waals surface area contributed by atoms with Gasteiger partial charge in [-0.05, 0) is 12.8 Å². The van der Waals surface area contributed by atoms with Gasteiger partial charge in [0.05, 0.1) is 5.69 Å². The molecule has 0 spiro atoms. The van der Waals surface area contributed by atoms with Gasteiger partial charge in [0.1, 0.15) is 0 Å². The van der Waals surface area contributed by atoms with E-state index in [9.17, 15) is 0 Å². The maximum atomic E-state index is 8.66. The molecule has 1 aliphatic rings. The summed E-state index contributed by atoms with van der Waals surface area (Å²) in [5, 5.41) is 21.0. The van der Waals surface area contributed by atoms with Gasteiger partial charge in [-0.2, -0.15) is 0 Å². The summed E-state index contributed by atoms with van der Waals surface area (Å²) in [6, 6.07) is 1.60. The quantitative estimate of drug-likeness (QED) is 0.547. The molecule has 0 atom stereocenters. The lowest BCUT2D eigenvalue weighted by molar-refractivity contribution is 0.380. The molecule has 1 aromatic heterocycles. The number of nitrogens with zero attached hydrogens (tertiary/aromatic N) is 1. The highest BCUT2D eigenvalue weighted by Crippen LogP contribution is 2.38. The number of hydrogen-bond donors (Lipinski definition) is 2. The molecule has 1 fully saturated rings. The van der Waals surface area contributed by atoms with Crippen molar-refractivity contribution in [1.29, 1.82) is 0 Å². The Hall–Kier alpha value is -0.805. The van der Waals surface area contributed by atoms with Gasteiger partial charge >= 0.3 is 7.12 Å². The van der Waals surface area contributed by atoms with Crippen molar-refractivity contribution in [3.05, 3.63) is 11.8 Å². The lowest BCUT2D eigenvalue weighted by atomic mass is 9.87. The normalized spacial score (nSPS) is 16.9.